The molecule has 5 nitrogen and oxygen atoms in total. The summed E-state index contributed by atoms with van der Waals surface area (Å²) in [6, 6.07) is 16.5. The normalized spacial score (nSPS) is 11.2. The lowest BCUT2D eigenvalue weighted by Gasteiger charge is -2.10. The number of pyridine rings is 1. The van der Waals surface area contributed by atoms with Crippen molar-refractivity contribution >= 4 is 27.2 Å². The van der Waals surface area contributed by atoms with Crippen LogP contribution in [-0.2, 0) is 16.4 Å². The highest BCUT2D eigenvalue weighted by Gasteiger charge is 2.14. The highest BCUT2D eigenvalue weighted by molar-refractivity contribution is 7.92. The lowest BCUT2D eigenvalue weighted by Crippen LogP contribution is -2.13. The van der Waals surface area contributed by atoms with Gasteiger partial charge in [0.1, 0.15) is 5.82 Å². The Kier molecular flexibility index (Phi) is 5.46. The lowest BCUT2D eigenvalue weighted by atomic mass is 10.1. The molecule has 0 fully saturated rings. The van der Waals surface area contributed by atoms with Gasteiger partial charge in [-0.1, -0.05) is 25.1 Å². The van der Waals surface area contributed by atoms with Gasteiger partial charge in [-0.25, -0.2) is 13.4 Å². The maximum absolute atomic E-state index is 12.5. The van der Waals surface area contributed by atoms with Crippen molar-refractivity contribution in [3.05, 3.63) is 77.5 Å². The average molecular weight is 382 g/mol. The Labute approximate surface area is 160 Å². The molecular formula is C21H23N3O2S. The minimum absolute atomic E-state index is 0.233. The second-order valence-electron chi connectivity index (χ2n) is 6.54. The molecule has 0 spiro atoms. The van der Waals surface area contributed by atoms with Gasteiger partial charge in [-0.05, 0) is 73.4 Å². The van der Waals surface area contributed by atoms with E-state index in [4.69, 9.17) is 0 Å². The molecule has 0 aliphatic rings. The van der Waals surface area contributed by atoms with Gasteiger partial charge in [-0.2, -0.15) is 0 Å². The Balaban J connectivity index is 1.72. The van der Waals surface area contributed by atoms with Crippen molar-refractivity contribution in [3.63, 3.8) is 0 Å². The molecule has 2 N–H and O–H groups in total. The van der Waals surface area contributed by atoms with E-state index in [9.17, 15) is 8.42 Å². The van der Waals surface area contributed by atoms with Gasteiger partial charge in [-0.15, -0.1) is 0 Å². The van der Waals surface area contributed by atoms with E-state index in [0.29, 0.717) is 11.5 Å². The van der Waals surface area contributed by atoms with E-state index in [1.807, 2.05) is 45.0 Å². The topological polar surface area (TPSA) is 71.1 Å². The first-order valence-corrected chi connectivity index (χ1v) is 10.3. The van der Waals surface area contributed by atoms with E-state index in [2.05, 4.69) is 21.1 Å². The number of hydrogen-bond acceptors (Lipinski definition) is 4. The molecular weight excluding hydrogens is 358 g/mol. The van der Waals surface area contributed by atoms with Gasteiger partial charge >= 0.3 is 0 Å². The first kappa shape index (κ1) is 18.9. The predicted octanol–water partition coefficient (Wildman–Crippen LogP) is 4.81. The molecule has 140 valence electrons. The van der Waals surface area contributed by atoms with E-state index in [1.165, 1.54) is 6.20 Å². The second-order valence-corrected chi connectivity index (χ2v) is 8.22. The van der Waals surface area contributed by atoms with Crippen molar-refractivity contribution in [2.24, 2.45) is 0 Å². The smallest absolute Gasteiger partial charge is 0.261 e. The van der Waals surface area contributed by atoms with Crippen LogP contribution in [0.3, 0.4) is 0 Å². The molecule has 2 aromatic carbocycles. The zero-order valence-electron chi connectivity index (χ0n) is 15.7. The van der Waals surface area contributed by atoms with Crippen molar-refractivity contribution in [2.75, 3.05) is 10.0 Å². The molecule has 0 amide bonds. The zero-order valence-corrected chi connectivity index (χ0v) is 16.5. The molecule has 3 aromatic rings. The Hall–Kier alpha value is -2.86. The quantitative estimate of drug-likeness (QED) is 0.643. The third-order valence-electron chi connectivity index (χ3n) is 4.15. The van der Waals surface area contributed by atoms with Crippen molar-refractivity contribution < 1.29 is 8.42 Å². The molecule has 3 rings (SSSR count). The summed E-state index contributed by atoms with van der Waals surface area (Å²) >= 11 is 0. The summed E-state index contributed by atoms with van der Waals surface area (Å²) in [7, 11) is -3.63. The summed E-state index contributed by atoms with van der Waals surface area (Å²) in [4.78, 5) is 4.53. The molecule has 1 heterocycles. The maximum atomic E-state index is 12.5. The minimum atomic E-state index is -3.63. The number of sulfonamides is 1. The number of nitrogens with zero attached hydrogens (tertiary/aromatic N) is 1. The summed E-state index contributed by atoms with van der Waals surface area (Å²) < 4.78 is 27.6. The van der Waals surface area contributed by atoms with Crippen LogP contribution in [0, 0.1) is 13.8 Å². The molecule has 27 heavy (non-hydrogen) atoms. The van der Waals surface area contributed by atoms with Crippen LogP contribution in [0.5, 0.6) is 0 Å². The summed E-state index contributed by atoms with van der Waals surface area (Å²) in [6.45, 7) is 6.11. The minimum Gasteiger partial charge on any atom is -0.340 e. The Morgan fingerprint density at radius 1 is 0.889 bits per heavy atom. The van der Waals surface area contributed by atoms with Crippen molar-refractivity contribution in [1.82, 2.24) is 4.98 Å². The van der Waals surface area contributed by atoms with Crippen LogP contribution in [0.1, 0.15) is 23.6 Å². The van der Waals surface area contributed by atoms with Gasteiger partial charge in [0.05, 0.1) is 16.8 Å². The molecule has 1 aromatic heterocycles. The van der Waals surface area contributed by atoms with Gasteiger partial charge in [-0.3, -0.25) is 4.72 Å². The molecule has 0 saturated heterocycles. The molecule has 0 radical (unpaired) electrons. The van der Waals surface area contributed by atoms with Crippen LogP contribution in [0.15, 0.2) is 65.7 Å². The third-order valence-corrected chi connectivity index (χ3v) is 5.55. The number of anilines is 3. The van der Waals surface area contributed by atoms with Crippen LogP contribution in [0.2, 0.25) is 0 Å². The van der Waals surface area contributed by atoms with Crippen molar-refractivity contribution in [2.45, 2.75) is 32.1 Å². The summed E-state index contributed by atoms with van der Waals surface area (Å²) in [5.41, 5.74) is 4.79. The summed E-state index contributed by atoms with van der Waals surface area (Å²) in [5.74, 6) is 0.648. The van der Waals surface area contributed by atoms with Crippen molar-refractivity contribution in [3.8, 4) is 0 Å². The lowest BCUT2D eigenvalue weighted by molar-refractivity contribution is 0.601. The van der Waals surface area contributed by atoms with Crippen molar-refractivity contribution in [1.29, 1.82) is 0 Å². The molecule has 0 aliphatic carbocycles. The average Bonchev–Trinajstić information content (AvgIpc) is 2.62. The van der Waals surface area contributed by atoms with E-state index in [-0.39, 0.29) is 4.90 Å². The standard InChI is InChI=1S/C21H23N3O2S/c1-4-17-5-8-20(9-6-17)27(25,26)24-18-7-10-21(22-14-18)23-19-12-15(2)11-16(3)13-19/h5-14,24H,4H2,1-3H3,(H,22,23). The van der Waals surface area contributed by atoms with E-state index >= 15 is 0 Å². The van der Waals surface area contributed by atoms with E-state index in [0.717, 1.165) is 28.8 Å². The zero-order chi connectivity index (χ0) is 19.4. The van der Waals surface area contributed by atoms with Gasteiger partial charge < -0.3 is 5.32 Å². The monoisotopic (exact) mass is 381 g/mol. The number of nitrogens with one attached hydrogen (secondary N) is 2. The number of benzene rings is 2. The Morgan fingerprint density at radius 3 is 2.11 bits per heavy atom. The molecule has 0 bridgehead atoms. The van der Waals surface area contributed by atoms with Crippen LogP contribution < -0.4 is 10.0 Å². The number of rotatable bonds is 6. The van der Waals surface area contributed by atoms with Gasteiger partial charge in [0, 0.05) is 5.69 Å². The maximum Gasteiger partial charge on any atom is 0.261 e. The fraction of sp³-hybridized carbons (Fsp3) is 0.190. The van der Waals surface area contributed by atoms with Gasteiger partial charge in [0.15, 0.2) is 0 Å². The molecule has 6 heteroatoms. The number of aromatic nitrogens is 1. The van der Waals surface area contributed by atoms with E-state index < -0.39 is 10.0 Å². The van der Waals surface area contributed by atoms with Crippen LogP contribution in [0.25, 0.3) is 0 Å². The van der Waals surface area contributed by atoms with Crippen LogP contribution in [0.4, 0.5) is 17.2 Å². The fourth-order valence-corrected chi connectivity index (χ4v) is 3.88. The fourth-order valence-electron chi connectivity index (χ4n) is 2.84. The molecule has 0 unspecified atom stereocenters. The van der Waals surface area contributed by atoms with Gasteiger partial charge in [0.2, 0.25) is 0 Å². The highest BCUT2D eigenvalue weighted by atomic mass is 32.2. The van der Waals surface area contributed by atoms with E-state index in [1.54, 1.807) is 24.3 Å². The first-order chi connectivity index (χ1) is 12.9. The van der Waals surface area contributed by atoms with Crippen LogP contribution in [-0.4, -0.2) is 13.4 Å². The highest BCUT2D eigenvalue weighted by Crippen LogP contribution is 2.21. The number of hydrogen-bond donors (Lipinski definition) is 2. The first-order valence-electron chi connectivity index (χ1n) is 8.79. The Bertz CT molecular complexity index is 1010. The number of aryl methyl sites for hydroxylation is 3. The molecule has 0 atom stereocenters. The predicted molar refractivity (Wildman–Crippen MR) is 110 cm³/mol. The SMILES string of the molecule is CCc1ccc(S(=O)(=O)Nc2ccc(Nc3cc(C)cc(C)c3)nc2)cc1. The van der Waals surface area contributed by atoms with Gasteiger partial charge in [0.25, 0.3) is 10.0 Å². The largest absolute Gasteiger partial charge is 0.340 e. The summed E-state index contributed by atoms with van der Waals surface area (Å²) in [5, 5.41) is 3.23. The third kappa shape index (κ3) is 4.86. The molecule has 0 saturated carbocycles. The Morgan fingerprint density at radius 2 is 1.56 bits per heavy atom. The second kappa shape index (κ2) is 7.80. The molecule has 0 aliphatic heterocycles. The summed E-state index contributed by atoms with van der Waals surface area (Å²) in [6.07, 6.45) is 2.37. The van der Waals surface area contributed by atoms with Crippen LogP contribution >= 0.6 is 0 Å².